The number of hydrogen-bond acceptors (Lipinski definition) is 3. The van der Waals surface area contributed by atoms with Crippen molar-refractivity contribution in [2.75, 3.05) is 6.61 Å². The number of carbonyl (C=O) groups is 2. The third-order valence-electron chi connectivity index (χ3n) is 2.23. The fourth-order valence-electron chi connectivity index (χ4n) is 1.25. The second kappa shape index (κ2) is 7.00. The van der Waals surface area contributed by atoms with Crippen molar-refractivity contribution in [1.29, 1.82) is 0 Å². The molecule has 1 aromatic rings. The number of benzene rings is 1. The van der Waals surface area contributed by atoms with Gasteiger partial charge in [-0.2, -0.15) is 0 Å². The molecule has 1 atom stereocenters. The molecule has 0 aliphatic carbocycles. The topological polar surface area (TPSA) is 75.6 Å². The van der Waals surface area contributed by atoms with Crippen LogP contribution in [0.3, 0.4) is 0 Å². The van der Waals surface area contributed by atoms with Gasteiger partial charge in [0.25, 0.3) is 5.91 Å². The summed E-state index contributed by atoms with van der Waals surface area (Å²) in [5.74, 6) is -0.946. The van der Waals surface area contributed by atoms with Crippen LogP contribution in [-0.4, -0.2) is 29.6 Å². The fourth-order valence-corrected chi connectivity index (χ4v) is 1.52. The minimum absolute atomic E-state index is 0.203. The summed E-state index contributed by atoms with van der Waals surface area (Å²) in [7, 11) is 0. The third kappa shape index (κ3) is 4.75. The van der Waals surface area contributed by atoms with Crippen LogP contribution < -0.4 is 10.1 Å². The van der Waals surface area contributed by atoms with Crippen LogP contribution in [0.15, 0.2) is 28.7 Å². The molecule has 0 saturated carbocycles. The van der Waals surface area contributed by atoms with E-state index in [2.05, 4.69) is 21.2 Å². The Morgan fingerprint density at radius 2 is 2.00 bits per heavy atom. The summed E-state index contributed by atoms with van der Waals surface area (Å²) < 4.78 is 6.14. The summed E-state index contributed by atoms with van der Waals surface area (Å²) in [6.45, 7) is 1.49. The van der Waals surface area contributed by atoms with Gasteiger partial charge in [-0.15, -0.1) is 0 Å². The van der Waals surface area contributed by atoms with E-state index in [1.165, 1.54) is 0 Å². The number of halogens is 1. The number of amides is 1. The largest absolute Gasteiger partial charge is 0.484 e. The molecule has 6 heteroatoms. The van der Waals surface area contributed by atoms with E-state index in [0.29, 0.717) is 12.2 Å². The molecule has 0 unspecified atom stereocenters. The monoisotopic (exact) mass is 315 g/mol. The minimum atomic E-state index is -1.05. The summed E-state index contributed by atoms with van der Waals surface area (Å²) in [5, 5.41) is 11.2. The third-order valence-corrected chi connectivity index (χ3v) is 2.75. The zero-order chi connectivity index (χ0) is 13.5. The Balaban J connectivity index is 2.41. The lowest BCUT2D eigenvalue weighted by Gasteiger charge is -2.12. The maximum absolute atomic E-state index is 11.4. The molecule has 0 aliphatic heterocycles. The number of nitrogens with one attached hydrogen (secondary N) is 1. The molecule has 0 saturated heterocycles. The molecule has 98 valence electrons. The first-order valence-corrected chi connectivity index (χ1v) is 6.22. The molecule has 18 heavy (non-hydrogen) atoms. The summed E-state index contributed by atoms with van der Waals surface area (Å²) in [6, 6.07) is 6.14. The lowest BCUT2D eigenvalue weighted by atomic mass is 10.2. The highest BCUT2D eigenvalue weighted by atomic mass is 79.9. The van der Waals surface area contributed by atoms with Crippen LogP contribution >= 0.6 is 15.9 Å². The van der Waals surface area contributed by atoms with E-state index < -0.39 is 17.9 Å². The van der Waals surface area contributed by atoms with Crippen molar-refractivity contribution >= 4 is 27.8 Å². The summed E-state index contributed by atoms with van der Waals surface area (Å²) in [4.78, 5) is 22.2. The predicted octanol–water partition coefficient (Wildman–Crippen LogP) is 1.81. The Labute approximate surface area is 113 Å². The van der Waals surface area contributed by atoms with Crippen molar-refractivity contribution in [2.45, 2.75) is 19.4 Å². The molecule has 1 amide bonds. The van der Waals surface area contributed by atoms with Gasteiger partial charge in [0.2, 0.25) is 0 Å². The van der Waals surface area contributed by atoms with Crippen LogP contribution in [0.25, 0.3) is 0 Å². The summed E-state index contributed by atoms with van der Waals surface area (Å²) in [5.41, 5.74) is 0. The van der Waals surface area contributed by atoms with Gasteiger partial charge in [0.15, 0.2) is 6.61 Å². The van der Waals surface area contributed by atoms with E-state index in [0.717, 1.165) is 4.47 Å². The van der Waals surface area contributed by atoms with Gasteiger partial charge < -0.3 is 15.2 Å². The van der Waals surface area contributed by atoms with Gasteiger partial charge in [-0.05, 0) is 30.7 Å². The van der Waals surface area contributed by atoms with Crippen molar-refractivity contribution in [3.05, 3.63) is 28.7 Å². The van der Waals surface area contributed by atoms with Gasteiger partial charge in [0.05, 0.1) is 0 Å². The van der Waals surface area contributed by atoms with Crippen molar-refractivity contribution in [1.82, 2.24) is 5.32 Å². The maximum atomic E-state index is 11.4. The molecule has 0 aliphatic rings. The van der Waals surface area contributed by atoms with Crippen LogP contribution in [0.5, 0.6) is 5.75 Å². The van der Waals surface area contributed by atoms with Crippen LogP contribution in [0.2, 0.25) is 0 Å². The predicted molar refractivity (Wildman–Crippen MR) is 69.5 cm³/mol. The highest BCUT2D eigenvalue weighted by molar-refractivity contribution is 9.10. The molecule has 2 N–H and O–H groups in total. The molecule has 1 rings (SSSR count). The van der Waals surface area contributed by atoms with Crippen molar-refractivity contribution < 1.29 is 19.4 Å². The second-order valence-corrected chi connectivity index (χ2v) is 4.52. The lowest BCUT2D eigenvalue weighted by Crippen LogP contribution is -2.42. The molecule has 1 aromatic carbocycles. The first-order chi connectivity index (χ1) is 8.52. The Kier molecular flexibility index (Phi) is 5.64. The summed E-state index contributed by atoms with van der Waals surface area (Å²) >= 11 is 3.28. The Morgan fingerprint density at radius 3 is 2.50 bits per heavy atom. The van der Waals surface area contributed by atoms with E-state index in [-0.39, 0.29) is 6.61 Å². The van der Waals surface area contributed by atoms with Crippen LogP contribution in [0, 0.1) is 0 Å². The molecule has 0 radical (unpaired) electrons. The van der Waals surface area contributed by atoms with Crippen molar-refractivity contribution in [2.24, 2.45) is 0 Å². The fraction of sp³-hybridized carbons (Fsp3) is 0.333. The highest BCUT2D eigenvalue weighted by Crippen LogP contribution is 2.15. The zero-order valence-corrected chi connectivity index (χ0v) is 11.4. The lowest BCUT2D eigenvalue weighted by molar-refractivity contribution is -0.142. The molecular formula is C12H14BrNO4. The number of carboxylic acid groups (broad SMARTS) is 1. The van der Waals surface area contributed by atoms with Gasteiger partial charge in [-0.25, -0.2) is 4.79 Å². The van der Waals surface area contributed by atoms with E-state index in [4.69, 9.17) is 9.84 Å². The first kappa shape index (κ1) is 14.5. The SMILES string of the molecule is CC[C@H](NC(=O)COc1ccc(Br)cc1)C(=O)O. The molecule has 0 bridgehead atoms. The van der Waals surface area contributed by atoms with E-state index in [9.17, 15) is 9.59 Å². The molecule has 0 heterocycles. The van der Waals surface area contributed by atoms with Gasteiger partial charge in [-0.3, -0.25) is 4.79 Å². The number of hydrogen-bond donors (Lipinski definition) is 2. The van der Waals surface area contributed by atoms with Gasteiger partial charge in [0, 0.05) is 4.47 Å². The minimum Gasteiger partial charge on any atom is -0.484 e. The number of carboxylic acids is 1. The average Bonchev–Trinajstić information content (AvgIpc) is 2.35. The smallest absolute Gasteiger partial charge is 0.326 e. The normalized spacial score (nSPS) is 11.7. The van der Waals surface area contributed by atoms with Gasteiger partial charge in [-0.1, -0.05) is 22.9 Å². The van der Waals surface area contributed by atoms with E-state index >= 15 is 0 Å². The number of ether oxygens (including phenoxy) is 1. The first-order valence-electron chi connectivity index (χ1n) is 5.43. The summed E-state index contributed by atoms with van der Waals surface area (Å²) in [6.07, 6.45) is 0.333. The molecule has 5 nitrogen and oxygen atoms in total. The number of rotatable bonds is 6. The number of carbonyl (C=O) groups excluding carboxylic acids is 1. The van der Waals surface area contributed by atoms with E-state index in [1.54, 1.807) is 31.2 Å². The molecule has 0 aromatic heterocycles. The van der Waals surface area contributed by atoms with Gasteiger partial charge in [0.1, 0.15) is 11.8 Å². The zero-order valence-electron chi connectivity index (χ0n) is 9.85. The van der Waals surface area contributed by atoms with Crippen LogP contribution in [0.1, 0.15) is 13.3 Å². The quantitative estimate of drug-likeness (QED) is 0.839. The van der Waals surface area contributed by atoms with Crippen molar-refractivity contribution in [3.63, 3.8) is 0 Å². The Hall–Kier alpha value is -1.56. The maximum Gasteiger partial charge on any atom is 0.326 e. The van der Waals surface area contributed by atoms with Crippen molar-refractivity contribution in [3.8, 4) is 5.75 Å². The average molecular weight is 316 g/mol. The van der Waals surface area contributed by atoms with Crippen LogP contribution in [-0.2, 0) is 9.59 Å². The molecule has 0 spiro atoms. The molecular weight excluding hydrogens is 302 g/mol. The number of aliphatic carboxylic acids is 1. The Bertz CT molecular complexity index is 419. The van der Waals surface area contributed by atoms with Crippen LogP contribution in [0.4, 0.5) is 0 Å². The van der Waals surface area contributed by atoms with Gasteiger partial charge >= 0.3 is 5.97 Å². The Morgan fingerprint density at radius 1 is 1.39 bits per heavy atom. The standard InChI is InChI=1S/C12H14BrNO4/c1-2-10(12(16)17)14-11(15)7-18-9-5-3-8(13)4-6-9/h3-6,10H,2,7H2,1H3,(H,14,15)(H,16,17)/t10-/m0/s1. The highest BCUT2D eigenvalue weighted by Gasteiger charge is 2.17. The second-order valence-electron chi connectivity index (χ2n) is 3.61. The van der Waals surface area contributed by atoms with E-state index in [1.807, 2.05) is 0 Å². The molecule has 0 fully saturated rings.